The van der Waals surface area contributed by atoms with Crippen molar-refractivity contribution in [3.05, 3.63) is 51.6 Å². The standard InChI is InChI=1S/C15H14INO5S/c1-21-14-7-6-12(9-13(14)16)23(19,20)17-11-5-3-4-10(8-11)15(18)22-2/h3-9,17H,1-2H3. The van der Waals surface area contributed by atoms with Gasteiger partial charge in [0.25, 0.3) is 10.0 Å². The highest BCUT2D eigenvalue weighted by Crippen LogP contribution is 2.25. The van der Waals surface area contributed by atoms with Crippen molar-refractivity contribution in [3.63, 3.8) is 0 Å². The van der Waals surface area contributed by atoms with Gasteiger partial charge in [-0.1, -0.05) is 6.07 Å². The molecule has 0 spiro atoms. The molecule has 0 radical (unpaired) electrons. The van der Waals surface area contributed by atoms with Crippen molar-refractivity contribution >= 4 is 44.3 Å². The molecule has 0 saturated heterocycles. The fourth-order valence-corrected chi connectivity index (χ4v) is 3.88. The summed E-state index contributed by atoms with van der Waals surface area (Å²) in [7, 11) is -0.994. The average molecular weight is 447 g/mol. The van der Waals surface area contributed by atoms with Gasteiger partial charge in [-0.05, 0) is 59.0 Å². The van der Waals surface area contributed by atoms with Gasteiger partial charge in [-0.25, -0.2) is 13.2 Å². The van der Waals surface area contributed by atoms with Gasteiger partial charge in [-0.3, -0.25) is 4.72 Å². The lowest BCUT2D eigenvalue weighted by molar-refractivity contribution is 0.0601. The van der Waals surface area contributed by atoms with E-state index in [2.05, 4.69) is 9.46 Å². The van der Waals surface area contributed by atoms with Crippen LogP contribution in [0, 0.1) is 3.57 Å². The molecule has 2 aromatic rings. The Labute approximate surface area is 148 Å². The molecule has 0 fully saturated rings. The van der Waals surface area contributed by atoms with E-state index in [-0.39, 0.29) is 16.1 Å². The van der Waals surface area contributed by atoms with Crippen LogP contribution >= 0.6 is 22.6 Å². The Morgan fingerprint density at radius 3 is 2.48 bits per heavy atom. The maximum Gasteiger partial charge on any atom is 0.337 e. The van der Waals surface area contributed by atoms with Crippen molar-refractivity contribution < 1.29 is 22.7 Å². The van der Waals surface area contributed by atoms with Crippen molar-refractivity contribution in [1.29, 1.82) is 0 Å². The maximum atomic E-state index is 12.4. The van der Waals surface area contributed by atoms with Crippen LogP contribution < -0.4 is 9.46 Å². The first-order valence-corrected chi connectivity index (χ1v) is 8.98. The molecule has 0 aliphatic heterocycles. The first kappa shape index (κ1) is 17.5. The van der Waals surface area contributed by atoms with Crippen molar-refractivity contribution in [3.8, 4) is 5.75 Å². The molecule has 0 bridgehead atoms. The molecule has 0 aromatic heterocycles. The summed E-state index contributed by atoms with van der Waals surface area (Å²) in [6.45, 7) is 0. The van der Waals surface area contributed by atoms with Crippen LogP contribution in [0.1, 0.15) is 10.4 Å². The third-order valence-corrected chi connectivity index (χ3v) is 5.19. The Hall–Kier alpha value is -1.81. The zero-order valence-electron chi connectivity index (χ0n) is 12.4. The number of benzene rings is 2. The molecule has 0 aliphatic carbocycles. The predicted octanol–water partition coefficient (Wildman–Crippen LogP) is 2.89. The Morgan fingerprint density at radius 1 is 1.13 bits per heavy atom. The Kier molecular flexibility index (Phi) is 5.47. The van der Waals surface area contributed by atoms with Crippen molar-refractivity contribution in [2.75, 3.05) is 18.9 Å². The van der Waals surface area contributed by atoms with E-state index in [1.807, 2.05) is 22.6 Å². The van der Waals surface area contributed by atoms with Crippen LogP contribution in [-0.2, 0) is 14.8 Å². The second kappa shape index (κ2) is 7.18. The third kappa shape index (κ3) is 4.14. The number of hydrogen-bond acceptors (Lipinski definition) is 5. The minimum atomic E-state index is -3.77. The number of rotatable bonds is 5. The summed E-state index contributed by atoms with van der Waals surface area (Å²) < 4.78 is 37.7. The summed E-state index contributed by atoms with van der Waals surface area (Å²) in [5.74, 6) is 0.0577. The van der Waals surface area contributed by atoms with Gasteiger partial charge < -0.3 is 9.47 Å². The van der Waals surface area contributed by atoms with Gasteiger partial charge in [0.2, 0.25) is 0 Å². The molecule has 2 aromatic carbocycles. The second-order valence-electron chi connectivity index (χ2n) is 4.47. The van der Waals surface area contributed by atoms with Gasteiger partial charge in [0.15, 0.2) is 0 Å². The SMILES string of the molecule is COC(=O)c1cccc(NS(=O)(=O)c2ccc(OC)c(I)c2)c1. The fourth-order valence-electron chi connectivity index (χ4n) is 1.86. The summed E-state index contributed by atoms with van der Waals surface area (Å²) in [6, 6.07) is 10.6. The van der Waals surface area contributed by atoms with E-state index in [4.69, 9.17) is 4.74 Å². The Morgan fingerprint density at radius 2 is 1.87 bits per heavy atom. The first-order valence-electron chi connectivity index (χ1n) is 6.42. The molecule has 0 atom stereocenters. The molecule has 0 unspecified atom stereocenters. The van der Waals surface area contributed by atoms with Crippen molar-refractivity contribution in [2.45, 2.75) is 4.90 Å². The van der Waals surface area contributed by atoms with Crippen LogP contribution in [0.4, 0.5) is 5.69 Å². The zero-order chi connectivity index (χ0) is 17.0. The Balaban J connectivity index is 2.31. The number of carbonyl (C=O) groups excluding carboxylic acids is 1. The van der Waals surface area contributed by atoms with E-state index in [1.165, 1.54) is 32.4 Å². The molecule has 6 nitrogen and oxygen atoms in total. The highest BCUT2D eigenvalue weighted by Gasteiger charge is 2.17. The minimum Gasteiger partial charge on any atom is -0.496 e. The van der Waals surface area contributed by atoms with E-state index in [9.17, 15) is 13.2 Å². The van der Waals surface area contributed by atoms with Gasteiger partial charge in [-0.15, -0.1) is 0 Å². The van der Waals surface area contributed by atoms with E-state index >= 15 is 0 Å². The lowest BCUT2D eigenvalue weighted by atomic mass is 10.2. The van der Waals surface area contributed by atoms with Gasteiger partial charge in [0, 0.05) is 5.69 Å². The van der Waals surface area contributed by atoms with Gasteiger partial charge >= 0.3 is 5.97 Å². The Bertz CT molecular complexity index is 836. The number of methoxy groups -OCH3 is 2. The quantitative estimate of drug-likeness (QED) is 0.563. The predicted molar refractivity (Wildman–Crippen MR) is 94.3 cm³/mol. The minimum absolute atomic E-state index is 0.103. The summed E-state index contributed by atoms with van der Waals surface area (Å²) in [4.78, 5) is 11.6. The van der Waals surface area contributed by atoms with E-state index < -0.39 is 16.0 Å². The van der Waals surface area contributed by atoms with Gasteiger partial charge in [0.1, 0.15) is 5.75 Å². The highest BCUT2D eigenvalue weighted by molar-refractivity contribution is 14.1. The highest BCUT2D eigenvalue weighted by atomic mass is 127. The maximum absolute atomic E-state index is 12.4. The number of ether oxygens (including phenoxy) is 2. The lowest BCUT2D eigenvalue weighted by Crippen LogP contribution is -2.14. The van der Waals surface area contributed by atoms with Crippen LogP contribution in [-0.4, -0.2) is 28.6 Å². The summed E-state index contributed by atoms with van der Waals surface area (Å²) in [5, 5.41) is 0. The molecule has 1 N–H and O–H groups in total. The molecule has 2 rings (SSSR count). The molecular weight excluding hydrogens is 433 g/mol. The number of esters is 1. The number of hydrogen-bond donors (Lipinski definition) is 1. The van der Waals surface area contributed by atoms with Crippen LogP contribution in [0.15, 0.2) is 47.4 Å². The third-order valence-electron chi connectivity index (χ3n) is 2.97. The number of sulfonamides is 1. The second-order valence-corrected chi connectivity index (χ2v) is 7.32. The molecule has 0 saturated carbocycles. The lowest BCUT2D eigenvalue weighted by Gasteiger charge is -2.10. The van der Waals surface area contributed by atoms with Crippen molar-refractivity contribution in [2.24, 2.45) is 0 Å². The van der Waals surface area contributed by atoms with E-state index in [0.29, 0.717) is 9.32 Å². The van der Waals surface area contributed by atoms with Crippen LogP contribution in [0.5, 0.6) is 5.75 Å². The monoisotopic (exact) mass is 447 g/mol. The summed E-state index contributed by atoms with van der Waals surface area (Å²) in [5.41, 5.74) is 0.538. The normalized spacial score (nSPS) is 10.9. The number of carbonyl (C=O) groups is 1. The molecule has 0 aliphatic rings. The molecular formula is C15H14INO5S. The molecule has 0 heterocycles. The first-order chi connectivity index (χ1) is 10.9. The van der Waals surface area contributed by atoms with Crippen LogP contribution in [0.3, 0.4) is 0 Å². The summed E-state index contributed by atoms with van der Waals surface area (Å²) in [6.07, 6.45) is 0. The van der Waals surface area contributed by atoms with Crippen LogP contribution in [0.2, 0.25) is 0 Å². The number of nitrogens with one attached hydrogen (secondary N) is 1. The zero-order valence-corrected chi connectivity index (χ0v) is 15.3. The average Bonchev–Trinajstić information content (AvgIpc) is 2.53. The topological polar surface area (TPSA) is 81.7 Å². The molecule has 8 heteroatoms. The van der Waals surface area contributed by atoms with Gasteiger partial charge in [0.05, 0.1) is 28.2 Å². The molecule has 23 heavy (non-hydrogen) atoms. The van der Waals surface area contributed by atoms with E-state index in [1.54, 1.807) is 24.3 Å². The largest absolute Gasteiger partial charge is 0.496 e. The molecule has 0 amide bonds. The smallest absolute Gasteiger partial charge is 0.337 e. The van der Waals surface area contributed by atoms with Crippen molar-refractivity contribution in [1.82, 2.24) is 0 Å². The number of halogens is 1. The fraction of sp³-hybridized carbons (Fsp3) is 0.133. The van der Waals surface area contributed by atoms with E-state index in [0.717, 1.165) is 0 Å². The summed E-state index contributed by atoms with van der Waals surface area (Å²) >= 11 is 2.00. The number of anilines is 1. The van der Waals surface area contributed by atoms with Gasteiger partial charge in [-0.2, -0.15) is 0 Å². The molecule has 122 valence electrons. The van der Waals surface area contributed by atoms with Crippen LogP contribution in [0.25, 0.3) is 0 Å².